The second kappa shape index (κ2) is 21.5. The van der Waals surface area contributed by atoms with Gasteiger partial charge in [0.25, 0.3) is 11.8 Å². The molecule has 0 aromatic heterocycles. The van der Waals surface area contributed by atoms with E-state index in [0.29, 0.717) is 68.5 Å². The molecule has 0 aliphatic carbocycles. The van der Waals surface area contributed by atoms with Crippen LogP contribution in [0.1, 0.15) is 116 Å². The Morgan fingerprint density at radius 3 is 1.68 bits per heavy atom. The van der Waals surface area contributed by atoms with Crippen molar-refractivity contribution in [1.29, 1.82) is 0 Å². The zero-order valence-corrected chi connectivity index (χ0v) is 28.2. The first kappa shape index (κ1) is 38.1. The summed E-state index contributed by atoms with van der Waals surface area (Å²) in [5.74, 6) is -0.568. The van der Waals surface area contributed by atoms with Crippen LogP contribution in [0.5, 0.6) is 0 Å². The third kappa shape index (κ3) is 14.9. The van der Waals surface area contributed by atoms with E-state index in [4.69, 9.17) is 4.84 Å². The Bertz CT molecular complexity index is 1080. The first-order valence-electron chi connectivity index (χ1n) is 17.3. The lowest BCUT2D eigenvalue weighted by molar-refractivity contribution is -0.197. The second-order valence-corrected chi connectivity index (χ2v) is 13.7. The van der Waals surface area contributed by atoms with E-state index in [-0.39, 0.29) is 55.1 Å². The molecule has 0 aromatic rings. The number of carbonyl (C=O) groups is 7. The molecule has 0 saturated carbocycles. The molecule has 3 heterocycles. The van der Waals surface area contributed by atoms with Gasteiger partial charge in [0.15, 0.2) is 0 Å². The summed E-state index contributed by atoms with van der Waals surface area (Å²) in [7, 11) is 0. The van der Waals surface area contributed by atoms with Crippen molar-refractivity contribution in [2.75, 3.05) is 25.4 Å². The highest BCUT2D eigenvalue weighted by atomic mass is 32.2. The molecule has 3 aliphatic rings. The van der Waals surface area contributed by atoms with Crippen LogP contribution in [0.3, 0.4) is 0 Å². The van der Waals surface area contributed by atoms with Crippen LogP contribution in [0, 0.1) is 0 Å². The molecule has 5 N–H and O–H groups in total. The van der Waals surface area contributed by atoms with Crippen LogP contribution in [0.15, 0.2) is 0 Å². The number of amides is 7. The minimum atomic E-state index is -0.609. The summed E-state index contributed by atoms with van der Waals surface area (Å²) >= 11 is 1.89. The fourth-order valence-corrected chi connectivity index (χ4v) is 7.32. The van der Waals surface area contributed by atoms with Crippen molar-refractivity contribution in [3.8, 4) is 0 Å². The van der Waals surface area contributed by atoms with Crippen molar-refractivity contribution >= 4 is 53.3 Å². The van der Waals surface area contributed by atoms with E-state index in [0.717, 1.165) is 63.5 Å². The first-order chi connectivity index (χ1) is 22.7. The smallest absolute Gasteiger partial charge is 0.333 e. The number of hydroxylamine groups is 2. The SMILES string of the molecule is O=C(CCCCCNC(=O)CCCCCNC(=O)CCCC[C@H]1SCC2NC(=O)NC21)NCCCCCC(=O)ON1C(=O)CCC1=O. The molecule has 0 radical (unpaired) electrons. The van der Waals surface area contributed by atoms with Gasteiger partial charge in [0.05, 0.1) is 12.1 Å². The van der Waals surface area contributed by atoms with Gasteiger partial charge < -0.3 is 31.4 Å². The number of imide groups is 1. The highest BCUT2D eigenvalue weighted by Gasteiger charge is 2.42. The van der Waals surface area contributed by atoms with Gasteiger partial charge in [-0.05, 0) is 51.4 Å². The monoisotopic (exact) mass is 680 g/mol. The Kier molecular flexibility index (Phi) is 17.4. The largest absolute Gasteiger partial charge is 0.356 e. The summed E-state index contributed by atoms with van der Waals surface area (Å²) in [5.41, 5.74) is 0. The van der Waals surface area contributed by atoms with Crippen LogP contribution in [0.4, 0.5) is 4.79 Å². The number of hydrogen-bond donors (Lipinski definition) is 5. The number of hydrogen-bond acceptors (Lipinski definition) is 9. The highest BCUT2D eigenvalue weighted by molar-refractivity contribution is 8.00. The van der Waals surface area contributed by atoms with E-state index in [1.807, 2.05) is 11.8 Å². The predicted octanol–water partition coefficient (Wildman–Crippen LogP) is 2.35. The van der Waals surface area contributed by atoms with Gasteiger partial charge in [0.2, 0.25) is 17.7 Å². The zero-order chi connectivity index (χ0) is 33.9. The maximum absolute atomic E-state index is 12.1. The summed E-state index contributed by atoms with van der Waals surface area (Å²) < 4.78 is 0. The third-order valence-electron chi connectivity index (χ3n) is 8.46. The average Bonchev–Trinajstić information content (AvgIpc) is 3.70. The van der Waals surface area contributed by atoms with E-state index >= 15 is 0 Å². The molecule has 7 amide bonds. The summed E-state index contributed by atoms with van der Waals surface area (Å²) in [5, 5.41) is 15.7. The summed E-state index contributed by atoms with van der Waals surface area (Å²) in [6.07, 6.45) is 11.3. The lowest BCUT2D eigenvalue weighted by atomic mass is 10.0. The van der Waals surface area contributed by atoms with Crippen LogP contribution in [-0.4, -0.2) is 89.3 Å². The van der Waals surface area contributed by atoms with Gasteiger partial charge in [-0.1, -0.05) is 25.7 Å². The van der Waals surface area contributed by atoms with Crippen molar-refractivity contribution in [3.05, 3.63) is 0 Å². The van der Waals surface area contributed by atoms with Gasteiger partial charge >= 0.3 is 12.0 Å². The number of nitrogens with zero attached hydrogens (tertiary/aromatic N) is 1. The van der Waals surface area contributed by atoms with E-state index in [1.54, 1.807) is 0 Å². The van der Waals surface area contributed by atoms with Crippen LogP contribution < -0.4 is 26.6 Å². The number of thioether (sulfide) groups is 1. The fraction of sp³-hybridized carbons (Fsp3) is 0.781. The maximum Gasteiger partial charge on any atom is 0.333 e. The molecule has 3 saturated heterocycles. The zero-order valence-electron chi connectivity index (χ0n) is 27.4. The molecule has 47 heavy (non-hydrogen) atoms. The minimum absolute atomic E-state index is 0.0218. The minimum Gasteiger partial charge on any atom is -0.356 e. The molecule has 3 atom stereocenters. The molecule has 0 bridgehead atoms. The van der Waals surface area contributed by atoms with Gasteiger partial charge in [0.1, 0.15) is 0 Å². The maximum atomic E-state index is 12.1. The van der Waals surface area contributed by atoms with E-state index in [9.17, 15) is 33.6 Å². The lowest BCUT2D eigenvalue weighted by Gasteiger charge is -2.16. The Hall–Kier alpha value is -3.36. The summed E-state index contributed by atoms with van der Waals surface area (Å²) in [6.45, 7) is 1.73. The molecule has 264 valence electrons. The molecule has 14 nitrogen and oxygen atoms in total. The molecule has 3 fully saturated rings. The predicted molar refractivity (Wildman–Crippen MR) is 176 cm³/mol. The Labute approximate surface area is 281 Å². The van der Waals surface area contributed by atoms with Crippen LogP contribution in [-0.2, 0) is 33.6 Å². The molecular formula is C32H52N6O8S. The van der Waals surface area contributed by atoms with E-state index in [2.05, 4.69) is 26.6 Å². The lowest BCUT2D eigenvalue weighted by Crippen LogP contribution is -2.36. The standard InChI is InChI=1S/C32H52N6O8S/c39-25(13-5-2-10-20-35-27(41)15-8-7-12-24-31-23(22-47-24)36-32(45)37-31)33-19-9-1-4-14-26(40)34-21-11-3-6-16-30(44)46-38-28(42)17-18-29(38)43/h23-24,31H,1-22H2,(H,33,39)(H,34,40)(H,35,41)(H2,36,37,45)/t23?,24-,31?/m1/s1. The normalized spacial score (nSPS) is 20.0. The fourth-order valence-electron chi connectivity index (χ4n) is 5.77. The number of fused-ring (bicyclic) bond motifs is 1. The van der Waals surface area contributed by atoms with Gasteiger partial charge in [-0.3, -0.25) is 24.0 Å². The third-order valence-corrected chi connectivity index (χ3v) is 9.97. The van der Waals surface area contributed by atoms with Gasteiger partial charge in [-0.25, -0.2) is 9.59 Å². The molecule has 2 unspecified atom stereocenters. The van der Waals surface area contributed by atoms with Gasteiger partial charge in [-0.15, -0.1) is 5.06 Å². The van der Waals surface area contributed by atoms with E-state index in [1.165, 1.54) is 0 Å². The molecule has 0 aromatic carbocycles. The van der Waals surface area contributed by atoms with Gasteiger partial charge in [0, 0.05) is 69.2 Å². The van der Waals surface area contributed by atoms with Crippen molar-refractivity contribution in [2.24, 2.45) is 0 Å². The first-order valence-corrected chi connectivity index (χ1v) is 18.3. The number of nitrogens with one attached hydrogen (secondary N) is 5. The van der Waals surface area contributed by atoms with Crippen molar-refractivity contribution in [1.82, 2.24) is 31.6 Å². The van der Waals surface area contributed by atoms with Crippen LogP contribution in [0.25, 0.3) is 0 Å². The van der Waals surface area contributed by atoms with Crippen LogP contribution in [0.2, 0.25) is 0 Å². The highest BCUT2D eigenvalue weighted by Crippen LogP contribution is 2.33. The second-order valence-electron chi connectivity index (χ2n) is 12.4. The molecular weight excluding hydrogens is 628 g/mol. The quantitative estimate of drug-likeness (QED) is 0.0578. The molecule has 3 rings (SSSR count). The number of unbranched alkanes of at least 4 members (excludes halogenated alkanes) is 7. The van der Waals surface area contributed by atoms with Crippen LogP contribution >= 0.6 is 11.8 Å². The summed E-state index contributed by atoms with van der Waals surface area (Å²) in [4.78, 5) is 87.1. The topological polar surface area (TPSA) is 192 Å². The Morgan fingerprint density at radius 1 is 0.660 bits per heavy atom. The summed E-state index contributed by atoms with van der Waals surface area (Å²) in [6, 6.07) is 0.379. The van der Waals surface area contributed by atoms with Crippen molar-refractivity contribution in [2.45, 2.75) is 133 Å². The van der Waals surface area contributed by atoms with Gasteiger partial charge in [-0.2, -0.15) is 11.8 Å². The van der Waals surface area contributed by atoms with E-state index < -0.39 is 17.8 Å². The molecule has 3 aliphatic heterocycles. The number of rotatable bonds is 24. The van der Waals surface area contributed by atoms with Crippen molar-refractivity contribution < 1.29 is 38.4 Å². The van der Waals surface area contributed by atoms with Crippen molar-refractivity contribution in [3.63, 3.8) is 0 Å². The number of carbonyl (C=O) groups excluding carboxylic acids is 7. The Balaban J connectivity index is 1.02. The molecule has 15 heteroatoms. The average molecular weight is 681 g/mol. The number of urea groups is 1. The Morgan fingerprint density at radius 2 is 1.15 bits per heavy atom. The molecule has 0 spiro atoms.